The van der Waals surface area contributed by atoms with E-state index in [1.54, 1.807) is 53.7 Å². The number of ether oxygens (including phenoxy) is 1. The molecule has 0 bridgehead atoms. The average Bonchev–Trinajstić information content (AvgIpc) is 3.12. The number of rotatable bonds is 6. The molecule has 0 spiro atoms. The third-order valence-corrected chi connectivity index (χ3v) is 5.66. The van der Waals surface area contributed by atoms with Crippen molar-refractivity contribution in [3.05, 3.63) is 54.4 Å². The van der Waals surface area contributed by atoms with Gasteiger partial charge in [0.15, 0.2) is 0 Å². The van der Waals surface area contributed by atoms with Crippen LogP contribution in [0.1, 0.15) is 30.1 Å². The molecule has 2 fully saturated rings. The summed E-state index contributed by atoms with van der Waals surface area (Å²) in [5.41, 5.74) is 1.17. The minimum absolute atomic E-state index is 0.0390. The number of imide groups is 1. The fourth-order valence-electron chi connectivity index (χ4n) is 4.00. The first kappa shape index (κ1) is 21.0. The molecule has 1 unspecified atom stereocenters. The topological polar surface area (TPSA) is 83.1 Å². The van der Waals surface area contributed by atoms with E-state index in [9.17, 15) is 14.4 Å². The molecule has 2 saturated heterocycles. The van der Waals surface area contributed by atoms with Gasteiger partial charge in [0.2, 0.25) is 5.91 Å². The number of hydrogen-bond donors (Lipinski definition) is 0. The second kappa shape index (κ2) is 9.26. The average molecular weight is 422 g/mol. The van der Waals surface area contributed by atoms with Crippen LogP contribution in [0.15, 0.2) is 48.8 Å². The van der Waals surface area contributed by atoms with E-state index in [1.807, 2.05) is 11.8 Å². The molecule has 4 rings (SSSR count). The van der Waals surface area contributed by atoms with Gasteiger partial charge in [-0.3, -0.25) is 24.3 Å². The highest BCUT2D eigenvalue weighted by Crippen LogP contribution is 2.28. The Labute approximate surface area is 181 Å². The Morgan fingerprint density at radius 1 is 1.03 bits per heavy atom. The van der Waals surface area contributed by atoms with E-state index in [0.29, 0.717) is 44.0 Å². The van der Waals surface area contributed by atoms with E-state index in [2.05, 4.69) is 4.98 Å². The van der Waals surface area contributed by atoms with Crippen molar-refractivity contribution in [2.24, 2.45) is 0 Å². The van der Waals surface area contributed by atoms with Crippen molar-refractivity contribution in [1.82, 2.24) is 14.8 Å². The lowest BCUT2D eigenvalue weighted by atomic mass is 10.1. The number of anilines is 1. The summed E-state index contributed by atoms with van der Waals surface area (Å²) in [6.45, 7) is 4.80. The minimum Gasteiger partial charge on any atom is -0.494 e. The zero-order chi connectivity index (χ0) is 21.8. The molecule has 2 aromatic rings. The van der Waals surface area contributed by atoms with Crippen molar-refractivity contribution in [2.45, 2.75) is 25.8 Å². The predicted molar refractivity (Wildman–Crippen MR) is 115 cm³/mol. The van der Waals surface area contributed by atoms with Crippen LogP contribution in [0.25, 0.3) is 0 Å². The summed E-state index contributed by atoms with van der Waals surface area (Å²) in [7, 11) is 0. The molecular formula is C23H26N4O4. The summed E-state index contributed by atoms with van der Waals surface area (Å²) >= 11 is 0. The molecule has 0 radical (unpaired) electrons. The highest BCUT2D eigenvalue weighted by Gasteiger charge is 2.43. The lowest BCUT2D eigenvalue weighted by Crippen LogP contribution is -2.53. The van der Waals surface area contributed by atoms with Crippen molar-refractivity contribution < 1.29 is 19.1 Å². The third kappa shape index (κ3) is 4.44. The number of amides is 3. The fourth-order valence-corrected chi connectivity index (χ4v) is 4.00. The molecule has 8 heteroatoms. The Balaban J connectivity index is 1.37. The Kier molecular flexibility index (Phi) is 6.27. The van der Waals surface area contributed by atoms with Crippen LogP contribution in [0.5, 0.6) is 5.75 Å². The maximum Gasteiger partial charge on any atom is 0.254 e. The van der Waals surface area contributed by atoms with E-state index < -0.39 is 6.04 Å². The van der Waals surface area contributed by atoms with Crippen molar-refractivity contribution in [1.29, 1.82) is 0 Å². The zero-order valence-electron chi connectivity index (χ0n) is 17.6. The molecule has 1 aromatic heterocycles. The van der Waals surface area contributed by atoms with Crippen LogP contribution in [0.4, 0.5) is 5.69 Å². The standard InChI is InChI=1S/C23H26N4O4/c1-2-15-31-19-5-3-18(4-6-19)27-21(28)16-20(23(27)30)25-11-13-26(14-12-25)22(29)17-7-9-24-10-8-17/h3-10,20H,2,11-16H2,1H3. The second-order valence-corrected chi connectivity index (χ2v) is 7.69. The highest BCUT2D eigenvalue weighted by molar-refractivity contribution is 6.22. The monoisotopic (exact) mass is 422 g/mol. The summed E-state index contributed by atoms with van der Waals surface area (Å²) in [4.78, 5) is 47.3. The number of piperazine rings is 1. The summed E-state index contributed by atoms with van der Waals surface area (Å²) in [5.74, 6) is 0.271. The van der Waals surface area contributed by atoms with Crippen molar-refractivity contribution in [2.75, 3.05) is 37.7 Å². The van der Waals surface area contributed by atoms with Gasteiger partial charge in [-0.1, -0.05) is 6.92 Å². The first-order valence-corrected chi connectivity index (χ1v) is 10.6. The summed E-state index contributed by atoms with van der Waals surface area (Å²) in [5, 5.41) is 0. The summed E-state index contributed by atoms with van der Waals surface area (Å²) in [6, 6.07) is 9.96. The van der Waals surface area contributed by atoms with Crippen LogP contribution in [0.2, 0.25) is 0 Å². The largest absolute Gasteiger partial charge is 0.494 e. The SMILES string of the molecule is CCCOc1ccc(N2C(=O)CC(N3CCN(C(=O)c4ccncc4)CC3)C2=O)cc1. The smallest absolute Gasteiger partial charge is 0.254 e. The van der Waals surface area contributed by atoms with Gasteiger partial charge in [-0.15, -0.1) is 0 Å². The third-order valence-electron chi connectivity index (χ3n) is 5.66. The maximum absolute atomic E-state index is 13.1. The van der Waals surface area contributed by atoms with E-state index in [4.69, 9.17) is 4.74 Å². The molecule has 3 heterocycles. The van der Waals surface area contributed by atoms with Gasteiger partial charge in [-0.25, -0.2) is 4.90 Å². The van der Waals surface area contributed by atoms with Crippen LogP contribution in [-0.4, -0.2) is 71.3 Å². The number of nitrogens with zero attached hydrogens (tertiary/aromatic N) is 4. The quantitative estimate of drug-likeness (QED) is 0.662. The van der Waals surface area contributed by atoms with Crippen LogP contribution >= 0.6 is 0 Å². The van der Waals surface area contributed by atoms with Gasteiger partial charge in [0.25, 0.3) is 11.8 Å². The van der Waals surface area contributed by atoms with Crippen LogP contribution in [0.3, 0.4) is 0 Å². The van der Waals surface area contributed by atoms with Crippen molar-refractivity contribution >= 4 is 23.4 Å². The molecule has 2 aliphatic heterocycles. The maximum atomic E-state index is 13.1. The van der Waals surface area contributed by atoms with E-state index in [1.165, 1.54) is 4.90 Å². The first-order chi connectivity index (χ1) is 15.1. The van der Waals surface area contributed by atoms with Gasteiger partial charge < -0.3 is 9.64 Å². The Morgan fingerprint density at radius 2 is 1.71 bits per heavy atom. The van der Waals surface area contributed by atoms with E-state index in [-0.39, 0.29) is 24.1 Å². The first-order valence-electron chi connectivity index (χ1n) is 10.6. The second-order valence-electron chi connectivity index (χ2n) is 7.69. The number of pyridine rings is 1. The molecule has 0 aliphatic carbocycles. The lowest BCUT2D eigenvalue weighted by molar-refractivity contribution is -0.123. The van der Waals surface area contributed by atoms with E-state index >= 15 is 0 Å². The number of benzene rings is 1. The van der Waals surface area contributed by atoms with E-state index in [0.717, 1.165) is 12.2 Å². The number of carbonyl (C=O) groups excluding carboxylic acids is 3. The Morgan fingerprint density at radius 3 is 2.35 bits per heavy atom. The van der Waals surface area contributed by atoms with Crippen LogP contribution in [-0.2, 0) is 9.59 Å². The van der Waals surface area contributed by atoms with Crippen molar-refractivity contribution in [3.63, 3.8) is 0 Å². The zero-order valence-corrected chi connectivity index (χ0v) is 17.6. The predicted octanol–water partition coefficient (Wildman–Crippen LogP) is 1.96. The Hall–Kier alpha value is -3.26. The number of carbonyl (C=O) groups is 3. The molecule has 2 aliphatic rings. The normalized spacial score (nSPS) is 19.7. The molecular weight excluding hydrogens is 396 g/mol. The van der Waals surface area contributed by atoms with Gasteiger partial charge in [0.05, 0.1) is 24.8 Å². The molecule has 8 nitrogen and oxygen atoms in total. The van der Waals surface area contributed by atoms with Gasteiger partial charge in [-0.2, -0.15) is 0 Å². The van der Waals surface area contributed by atoms with Crippen molar-refractivity contribution in [3.8, 4) is 5.75 Å². The molecule has 1 aromatic carbocycles. The van der Waals surface area contributed by atoms with Crippen LogP contribution < -0.4 is 9.64 Å². The number of hydrogen-bond acceptors (Lipinski definition) is 6. The van der Waals surface area contributed by atoms with Gasteiger partial charge in [0.1, 0.15) is 5.75 Å². The molecule has 0 saturated carbocycles. The molecule has 162 valence electrons. The minimum atomic E-state index is -0.485. The fraction of sp³-hybridized carbons (Fsp3) is 0.391. The molecule has 1 atom stereocenters. The Bertz CT molecular complexity index is 940. The van der Waals surface area contributed by atoms with Crippen LogP contribution in [0, 0.1) is 0 Å². The molecule has 0 N–H and O–H groups in total. The summed E-state index contributed by atoms with van der Waals surface area (Å²) in [6.07, 6.45) is 4.27. The van der Waals surface area contributed by atoms with Gasteiger partial charge >= 0.3 is 0 Å². The van der Waals surface area contributed by atoms with Gasteiger partial charge in [-0.05, 0) is 42.8 Å². The highest BCUT2D eigenvalue weighted by atomic mass is 16.5. The molecule has 3 amide bonds. The molecule has 31 heavy (non-hydrogen) atoms. The lowest BCUT2D eigenvalue weighted by Gasteiger charge is -2.37. The number of aromatic nitrogens is 1. The summed E-state index contributed by atoms with van der Waals surface area (Å²) < 4.78 is 5.57. The van der Waals surface area contributed by atoms with Gasteiger partial charge in [0, 0.05) is 44.1 Å².